The van der Waals surface area contributed by atoms with Gasteiger partial charge in [-0.3, -0.25) is 0 Å². The van der Waals surface area contributed by atoms with Crippen molar-refractivity contribution in [2.45, 2.75) is 32.9 Å². The van der Waals surface area contributed by atoms with E-state index in [2.05, 4.69) is 26.9 Å². The first kappa shape index (κ1) is 17.1. The number of carbonyl (C=O) groups is 1. The first-order valence-electron chi connectivity index (χ1n) is 7.51. The van der Waals surface area contributed by atoms with Gasteiger partial charge >= 0.3 is 6.09 Å². The van der Waals surface area contributed by atoms with Crippen LogP contribution >= 0.6 is 15.9 Å². The minimum atomic E-state index is -0.453. The Morgan fingerprint density at radius 2 is 1.91 bits per heavy atom. The fourth-order valence-electron chi connectivity index (χ4n) is 2.46. The van der Waals surface area contributed by atoms with Gasteiger partial charge in [-0.05, 0) is 38.5 Å². The standard InChI is InChI=1S/C16H24BrN3O2/c1-16(2,3)22-15(21)20-8-6-19(7-9-20)14-10-13(17)5-4-12(14)11-18/h4-5,10H,6-9,11,18H2,1-3H3. The normalized spacial score (nSPS) is 15.9. The lowest BCUT2D eigenvalue weighted by Gasteiger charge is -2.37. The summed E-state index contributed by atoms with van der Waals surface area (Å²) in [5.41, 5.74) is 7.63. The maximum absolute atomic E-state index is 12.1. The third-order valence-corrected chi connectivity index (χ3v) is 4.03. The Morgan fingerprint density at radius 3 is 2.45 bits per heavy atom. The van der Waals surface area contributed by atoms with Gasteiger partial charge < -0.3 is 20.3 Å². The van der Waals surface area contributed by atoms with Crippen LogP contribution in [0.1, 0.15) is 26.3 Å². The first-order chi connectivity index (χ1) is 10.3. The molecule has 1 aliphatic heterocycles. The number of nitrogens with zero attached hydrogens (tertiary/aromatic N) is 2. The van der Waals surface area contributed by atoms with Gasteiger partial charge in [0.1, 0.15) is 5.60 Å². The van der Waals surface area contributed by atoms with E-state index in [0.29, 0.717) is 19.6 Å². The number of rotatable bonds is 2. The monoisotopic (exact) mass is 369 g/mol. The van der Waals surface area contributed by atoms with Gasteiger partial charge in [-0.25, -0.2) is 4.79 Å². The van der Waals surface area contributed by atoms with Crippen LogP contribution in [0.2, 0.25) is 0 Å². The van der Waals surface area contributed by atoms with E-state index in [1.165, 1.54) is 0 Å². The molecular formula is C16H24BrN3O2. The van der Waals surface area contributed by atoms with Crippen molar-refractivity contribution in [1.82, 2.24) is 4.90 Å². The molecule has 1 aromatic rings. The second-order valence-electron chi connectivity index (χ2n) is 6.43. The van der Waals surface area contributed by atoms with Crippen molar-refractivity contribution < 1.29 is 9.53 Å². The van der Waals surface area contributed by atoms with Crippen LogP contribution in [0, 0.1) is 0 Å². The molecule has 1 aliphatic rings. The molecular weight excluding hydrogens is 346 g/mol. The van der Waals surface area contributed by atoms with E-state index in [0.717, 1.165) is 28.8 Å². The lowest BCUT2D eigenvalue weighted by atomic mass is 10.1. The number of ether oxygens (including phenoxy) is 1. The summed E-state index contributed by atoms with van der Waals surface area (Å²) in [5.74, 6) is 0. The first-order valence-corrected chi connectivity index (χ1v) is 8.31. The maximum atomic E-state index is 12.1. The van der Waals surface area contributed by atoms with E-state index in [1.807, 2.05) is 32.9 Å². The summed E-state index contributed by atoms with van der Waals surface area (Å²) in [6, 6.07) is 6.13. The molecule has 0 spiro atoms. The Bertz CT molecular complexity index is 535. The van der Waals surface area contributed by atoms with Gasteiger partial charge in [0.25, 0.3) is 0 Å². The molecule has 0 aromatic heterocycles. The molecule has 5 nitrogen and oxygen atoms in total. The molecule has 0 aliphatic carbocycles. The van der Waals surface area contributed by atoms with Crippen molar-refractivity contribution in [3.8, 4) is 0 Å². The summed E-state index contributed by atoms with van der Waals surface area (Å²) >= 11 is 3.51. The summed E-state index contributed by atoms with van der Waals surface area (Å²) < 4.78 is 6.46. The zero-order chi connectivity index (χ0) is 16.3. The highest BCUT2D eigenvalue weighted by Gasteiger charge is 2.26. The molecule has 1 fully saturated rings. The molecule has 6 heteroatoms. The Labute approximate surface area is 140 Å². The van der Waals surface area contributed by atoms with Crippen LogP contribution in [-0.4, -0.2) is 42.8 Å². The zero-order valence-corrected chi connectivity index (χ0v) is 15.0. The molecule has 1 saturated heterocycles. The second-order valence-corrected chi connectivity index (χ2v) is 7.35. The smallest absolute Gasteiger partial charge is 0.410 e. The van der Waals surface area contributed by atoms with E-state index in [4.69, 9.17) is 10.5 Å². The van der Waals surface area contributed by atoms with Crippen molar-refractivity contribution in [2.24, 2.45) is 5.73 Å². The molecule has 0 unspecified atom stereocenters. The third-order valence-electron chi connectivity index (χ3n) is 3.54. The number of halogens is 1. The predicted octanol–water partition coefficient (Wildman–Crippen LogP) is 2.96. The Hall–Kier alpha value is -1.27. The van der Waals surface area contributed by atoms with Crippen LogP contribution in [-0.2, 0) is 11.3 Å². The predicted molar refractivity (Wildman–Crippen MR) is 92.1 cm³/mol. The fraction of sp³-hybridized carbons (Fsp3) is 0.562. The van der Waals surface area contributed by atoms with Crippen molar-refractivity contribution in [3.63, 3.8) is 0 Å². The molecule has 0 radical (unpaired) electrons. The van der Waals surface area contributed by atoms with Crippen LogP contribution in [0.4, 0.5) is 10.5 Å². The number of amides is 1. The third kappa shape index (κ3) is 4.36. The molecule has 0 atom stereocenters. The number of hydrogen-bond donors (Lipinski definition) is 1. The van der Waals surface area contributed by atoms with Crippen LogP contribution in [0.15, 0.2) is 22.7 Å². The number of carbonyl (C=O) groups excluding carboxylic acids is 1. The second kappa shape index (κ2) is 6.87. The van der Waals surface area contributed by atoms with Gasteiger partial charge in [-0.2, -0.15) is 0 Å². The molecule has 0 saturated carbocycles. The minimum absolute atomic E-state index is 0.236. The number of nitrogens with two attached hydrogens (primary N) is 1. The van der Waals surface area contributed by atoms with Gasteiger partial charge in [0, 0.05) is 42.9 Å². The summed E-state index contributed by atoms with van der Waals surface area (Å²) in [4.78, 5) is 16.1. The highest BCUT2D eigenvalue weighted by molar-refractivity contribution is 9.10. The Morgan fingerprint density at radius 1 is 1.27 bits per heavy atom. The van der Waals surface area contributed by atoms with Gasteiger partial charge in [0.05, 0.1) is 0 Å². The van der Waals surface area contributed by atoms with E-state index in [-0.39, 0.29) is 6.09 Å². The summed E-state index contributed by atoms with van der Waals surface area (Å²) in [6.45, 7) is 9.04. The average molecular weight is 370 g/mol. The topological polar surface area (TPSA) is 58.8 Å². The van der Waals surface area contributed by atoms with E-state index in [9.17, 15) is 4.79 Å². The SMILES string of the molecule is CC(C)(C)OC(=O)N1CCN(c2cc(Br)ccc2CN)CC1. The molecule has 122 valence electrons. The Balaban J connectivity index is 2.00. The van der Waals surface area contributed by atoms with Gasteiger partial charge in [0.15, 0.2) is 0 Å². The number of hydrogen-bond acceptors (Lipinski definition) is 4. The van der Waals surface area contributed by atoms with E-state index >= 15 is 0 Å². The molecule has 1 amide bonds. The van der Waals surface area contributed by atoms with Crippen molar-refractivity contribution >= 4 is 27.7 Å². The van der Waals surface area contributed by atoms with Gasteiger partial charge in [0.2, 0.25) is 0 Å². The molecule has 1 heterocycles. The largest absolute Gasteiger partial charge is 0.444 e. The highest BCUT2D eigenvalue weighted by atomic mass is 79.9. The molecule has 2 rings (SSSR count). The van der Waals surface area contributed by atoms with Crippen molar-refractivity contribution in [3.05, 3.63) is 28.2 Å². The number of anilines is 1. The zero-order valence-electron chi connectivity index (χ0n) is 13.4. The number of piperazine rings is 1. The van der Waals surface area contributed by atoms with E-state index in [1.54, 1.807) is 4.90 Å². The molecule has 1 aromatic carbocycles. The van der Waals surface area contributed by atoms with Gasteiger partial charge in [-0.15, -0.1) is 0 Å². The average Bonchev–Trinajstić information content (AvgIpc) is 2.45. The lowest BCUT2D eigenvalue weighted by molar-refractivity contribution is 0.0240. The summed E-state index contributed by atoms with van der Waals surface area (Å²) in [7, 11) is 0. The van der Waals surface area contributed by atoms with E-state index < -0.39 is 5.60 Å². The molecule has 2 N–H and O–H groups in total. The maximum Gasteiger partial charge on any atom is 0.410 e. The molecule has 0 bridgehead atoms. The lowest BCUT2D eigenvalue weighted by Crippen LogP contribution is -2.50. The van der Waals surface area contributed by atoms with Crippen molar-refractivity contribution in [1.29, 1.82) is 0 Å². The minimum Gasteiger partial charge on any atom is -0.444 e. The van der Waals surface area contributed by atoms with Crippen LogP contribution < -0.4 is 10.6 Å². The summed E-state index contributed by atoms with van der Waals surface area (Å²) in [6.07, 6.45) is -0.236. The van der Waals surface area contributed by atoms with Crippen LogP contribution in [0.3, 0.4) is 0 Å². The summed E-state index contributed by atoms with van der Waals surface area (Å²) in [5, 5.41) is 0. The fourth-order valence-corrected chi connectivity index (χ4v) is 2.81. The molecule has 22 heavy (non-hydrogen) atoms. The van der Waals surface area contributed by atoms with Crippen molar-refractivity contribution in [2.75, 3.05) is 31.1 Å². The quantitative estimate of drug-likeness (QED) is 0.870. The van der Waals surface area contributed by atoms with Gasteiger partial charge in [-0.1, -0.05) is 22.0 Å². The Kier molecular flexibility index (Phi) is 5.34. The highest BCUT2D eigenvalue weighted by Crippen LogP contribution is 2.26. The van der Waals surface area contributed by atoms with Crippen LogP contribution in [0.25, 0.3) is 0 Å². The number of benzene rings is 1. The van der Waals surface area contributed by atoms with Crippen LogP contribution in [0.5, 0.6) is 0 Å².